The third kappa shape index (κ3) is 8.12. The number of hydrogen-bond donors (Lipinski definition) is 1. The highest BCUT2D eigenvalue weighted by Gasteiger charge is 2.04. The number of carbonyl (C=O) groups is 1. The lowest BCUT2D eigenvalue weighted by molar-refractivity contribution is -0.139. The second-order valence-corrected chi connectivity index (χ2v) is 3.90. The Kier molecular flexibility index (Phi) is 8.24. The van der Waals surface area contributed by atoms with Gasteiger partial charge in [-0.25, -0.2) is 0 Å². The third-order valence-electron chi connectivity index (χ3n) is 1.52. The van der Waals surface area contributed by atoms with Crippen LogP contribution in [0.2, 0.25) is 0 Å². The van der Waals surface area contributed by atoms with Crippen LogP contribution in [-0.4, -0.2) is 30.1 Å². The fourth-order valence-electron chi connectivity index (χ4n) is 0.950. The van der Waals surface area contributed by atoms with Crippen molar-refractivity contribution in [2.45, 2.75) is 32.7 Å². The molecule has 0 amide bonds. The van der Waals surface area contributed by atoms with Crippen LogP contribution in [0.4, 0.5) is 0 Å². The number of ether oxygens (including phenoxy) is 1. The summed E-state index contributed by atoms with van der Waals surface area (Å²) in [6, 6.07) is 0.212. The molecule has 13 heavy (non-hydrogen) atoms. The summed E-state index contributed by atoms with van der Waals surface area (Å²) in [6.07, 6.45) is 2.12. The minimum Gasteiger partial charge on any atom is -0.465 e. The molecule has 0 aromatic carbocycles. The summed E-state index contributed by atoms with van der Waals surface area (Å²) in [5, 5.41) is 0. The molecule has 0 aliphatic carbocycles. The van der Waals surface area contributed by atoms with Crippen molar-refractivity contribution in [3.05, 3.63) is 0 Å². The van der Waals surface area contributed by atoms with Gasteiger partial charge < -0.3 is 10.5 Å². The van der Waals surface area contributed by atoms with Crippen molar-refractivity contribution in [2.75, 3.05) is 18.1 Å². The van der Waals surface area contributed by atoms with E-state index in [1.807, 2.05) is 6.92 Å². The van der Waals surface area contributed by atoms with E-state index in [-0.39, 0.29) is 12.0 Å². The zero-order valence-corrected chi connectivity index (χ0v) is 9.23. The number of esters is 1. The first-order valence-electron chi connectivity index (χ1n) is 4.69. The molecule has 2 N–H and O–H groups in total. The fraction of sp³-hybridized carbons (Fsp3) is 0.889. The molecule has 0 rings (SSSR count). The minimum absolute atomic E-state index is 0.142. The van der Waals surface area contributed by atoms with Crippen LogP contribution in [0.15, 0.2) is 0 Å². The molecule has 0 aliphatic heterocycles. The first-order chi connectivity index (χ1) is 6.20. The largest absolute Gasteiger partial charge is 0.465 e. The third-order valence-corrected chi connectivity index (χ3v) is 2.62. The molecule has 0 aliphatic rings. The average molecular weight is 205 g/mol. The van der Waals surface area contributed by atoms with Gasteiger partial charge in [-0.05, 0) is 13.3 Å². The molecule has 0 aromatic heterocycles. The summed E-state index contributed by atoms with van der Waals surface area (Å²) >= 11 is 1.55. The van der Waals surface area contributed by atoms with E-state index in [0.29, 0.717) is 12.4 Å². The molecule has 78 valence electrons. The average Bonchev–Trinajstić information content (AvgIpc) is 2.05. The van der Waals surface area contributed by atoms with Crippen molar-refractivity contribution in [3.63, 3.8) is 0 Å². The normalized spacial score (nSPS) is 12.5. The topological polar surface area (TPSA) is 52.3 Å². The van der Waals surface area contributed by atoms with Gasteiger partial charge in [-0.2, -0.15) is 0 Å². The molecule has 0 fully saturated rings. The molecule has 0 radical (unpaired) electrons. The van der Waals surface area contributed by atoms with Crippen molar-refractivity contribution < 1.29 is 9.53 Å². The van der Waals surface area contributed by atoms with Crippen molar-refractivity contribution in [2.24, 2.45) is 5.73 Å². The van der Waals surface area contributed by atoms with Gasteiger partial charge in [0.25, 0.3) is 0 Å². The van der Waals surface area contributed by atoms with E-state index in [1.54, 1.807) is 11.8 Å². The monoisotopic (exact) mass is 205 g/mol. The second kappa shape index (κ2) is 8.38. The van der Waals surface area contributed by atoms with Crippen LogP contribution in [-0.2, 0) is 9.53 Å². The Hall–Kier alpha value is -0.220. The van der Waals surface area contributed by atoms with E-state index < -0.39 is 0 Å². The quantitative estimate of drug-likeness (QED) is 0.638. The van der Waals surface area contributed by atoms with Crippen molar-refractivity contribution in [1.82, 2.24) is 0 Å². The van der Waals surface area contributed by atoms with Crippen molar-refractivity contribution in [3.8, 4) is 0 Å². The summed E-state index contributed by atoms with van der Waals surface area (Å²) in [5.74, 6) is 1.12. The Morgan fingerprint density at radius 2 is 2.23 bits per heavy atom. The summed E-state index contributed by atoms with van der Waals surface area (Å²) in [6.45, 7) is 4.38. The molecule has 0 saturated carbocycles. The van der Waals surface area contributed by atoms with Gasteiger partial charge in [0.1, 0.15) is 0 Å². The number of nitrogens with two attached hydrogens (primary N) is 1. The van der Waals surface area contributed by atoms with Crippen LogP contribution < -0.4 is 5.73 Å². The van der Waals surface area contributed by atoms with Gasteiger partial charge >= 0.3 is 5.97 Å². The Balaban J connectivity index is 3.28. The van der Waals surface area contributed by atoms with Crippen LogP contribution in [0, 0.1) is 0 Å². The van der Waals surface area contributed by atoms with Gasteiger partial charge in [0.05, 0.1) is 12.4 Å². The van der Waals surface area contributed by atoms with Gasteiger partial charge in [0.2, 0.25) is 0 Å². The first kappa shape index (κ1) is 12.8. The van der Waals surface area contributed by atoms with Crippen LogP contribution >= 0.6 is 11.8 Å². The summed E-state index contributed by atoms with van der Waals surface area (Å²) in [7, 11) is 0. The van der Waals surface area contributed by atoms with Gasteiger partial charge in [-0.1, -0.05) is 13.3 Å². The zero-order chi connectivity index (χ0) is 10.1. The van der Waals surface area contributed by atoms with E-state index in [1.165, 1.54) is 0 Å². The maximum Gasteiger partial charge on any atom is 0.315 e. The first-order valence-corrected chi connectivity index (χ1v) is 5.85. The van der Waals surface area contributed by atoms with Crippen LogP contribution in [0.5, 0.6) is 0 Å². The number of thioether (sulfide) groups is 1. The van der Waals surface area contributed by atoms with E-state index in [9.17, 15) is 4.79 Å². The van der Waals surface area contributed by atoms with Crippen LogP contribution in [0.1, 0.15) is 26.7 Å². The lowest BCUT2D eigenvalue weighted by Crippen LogP contribution is -2.23. The minimum atomic E-state index is -0.142. The standard InChI is InChI=1S/C9H19NO2S/c1-3-5-8(10)6-13-7-9(11)12-4-2/h8H,3-7,10H2,1-2H3. The lowest BCUT2D eigenvalue weighted by atomic mass is 10.2. The Morgan fingerprint density at radius 1 is 1.54 bits per heavy atom. The molecule has 4 heteroatoms. The SMILES string of the molecule is CCCC(N)CSCC(=O)OCC. The summed E-state index contributed by atoms with van der Waals surface area (Å²) in [5.41, 5.74) is 5.77. The number of rotatable bonds is 7. The highest BCUT2D eigenvalue weighted by Crippen LogP contribution is 2.05. The molecule has 0 heterocycles. The van der Waals surface area contributed by atoms with Crippen molar-refractivity contribution >= 4 is 17.7 Å². The van der Waals surface area contributed by atoms with E-state index in [0.717, 1.165) is 18.6 Å². The molecule has 0 bridgehead atoms. The highest BCUT2D eigenvalue weighted by molar-refractivity contribution is 7.99. The number of hydrogen-bond acceptors (Lipinski definition) is 4. The number of carbonyl (C=O) groups excluding carboxylic acids is 1. The molecule has 0 saturated heterocycles. The fourth-order valence-corrected chi connectivity index (χ4v) is 1.79. The maximum atomic E-state index is 10.9. The van der Waals surface area contributed by atoms with Crippen LogP contribution in [0.25, 0.3) is 0 Å². The van der Waals surface area contributed by atoms with E-state index in [2.05, 4.69) is 6.92 Å². The highest BCUT2D eigenvalue weighted by atomic mass is 32.2. The predicted molar refractivity (Wildman–Crippen MR) is 56.8 cm³/mol. The molecule has 1 atom stereocenters. The zero-order valence-electron chi connectivity index (χ0n) is 8.41. The Labute approximate surface area is 84.4 Å². The van der Waals surface area contributed by atoms with Gasteiger partial charge in [0, 0.05) is 11.8 Å². The van der Waals surface area contributed by atoms with Gasteiger partial charge in [0.15, 0.2) is 0 Å². The molecule has 3 nitrogen and oxygen atoms in total. The van der Waals surface area contributed by atoms with Crippen molar-refractivity contribution in [1.29, 1.82) is 0 Å². The smallest absolute Gasteiger partial charge is 0.315 e. The molecule has 0 aromatic rings. The van der Waals surface area contributed by atoms with E-state index >= 15 is 0 Å². The van der Waals surface area contributed by atoms with Crippen LogP contribution in [0.3, 0.4) is 0 Å². The second-order valence-electron chi connectivity index (χ2n) is 2.87. The molecule has 1 unspecified atom stereocenters. The molecule has 0 spiro atoms. The Morgan fingerprint density at radius 3 is 2.77 bits per heavy atom. The molecular formula is C9H19NO2S. The maximum absolute atomic E-state index is 10.9. The Bertz CT molecular complexity index is 142. The predicted octanol–water partition coefficient (Wildman–Crippen LogP) is 1.41. The summed E-state index contributed by atoms with van der Waals surface area (Å²) in [4.78, 5) is 10.9. The van der Waals surface area contributed by atoms with Gasteiger partial charge in [-0.3, -0.25) is 4.79 Å². The lowest BCUT2D eigenvalue weighted by Gasteiger charge is -2.08. The molecular weight excluding hydrogens is 186 g/mol. The summed E-state index contributed by atoms with van der Waals surface area (Å²) < 4.78 is 4.78. The van der Waals surface area contributed by atoms with E-state index in [4.69, 9.17) is 10.5 Å². The van der Waals surface area contributed by atoms with Gasteiger partial charge in [-0.15, -0.1) is 11.8 Å².